The zero-order valence-corrected chi connectivity index (χ0v) is 19.1. The van der Waals surface area contributed by atoms with Crippen LogP contribution in [0.2, 0.25) is 0 Å². The minimum atomic E-state index is 0.109. The van der Waals surface area contributed by atoms with Crippen molar-refractivity contribution in [3.63, 3.8) is 0 Å². The summed E-state index contributed by atoms with van der Waals surface area (Å²) in [6, 6.07) is 0.632. The van der Waals surface area contributed by atoms with Gasteiger partial charge in [0.25, 0.3) is 0 Å². The molecule has 2 N–H and O–H groups in total. The van der Waals surface area contributed by atoms with Crippen LogP contribution in [0.15, 0.2) is 0 Å². The second-order valence-electron chi connectivity index (χ2n) is 11.8. The number of carbonyl (C=O) groups is 2. The lowest BCUT2D eigenvalue weighted by atomic mass is 9.79. The molecule has 4 nitrogen and oxygen atoms in total. The van der Waals surface area contributed by atoms with Crippen molar-refractivity contribution in [1.29, 1.82) is 0 Å². The highest BCUT2D eigenvalue weighted by molar-refractivity contribution is 5.81. The van der Waals surface area contributed by atoms with Gasteiger partial charge in [-0.05, 0) is 114 Å². The van der Waals surface area contributed by atoms with Gasteiger partial charge in [-0.2, -0.15) is 0 Å². The molecule has 0 aliphatic heterocycles. The minimum absolute atomic E-state index is 0.109. The molecule has 0 unspecified atom stereocenters. The molecule has 0 aromatic carbocycles. The summed E-state index contributed by atoms with van der Waals surface area (Å²) >= 11 is 0. The quantitative estimate of drug-likeness (QED) is 0.663. The zero-order chi connectivity index (χ0) is 20.8. The van der Waals surface area contributed by atoms with E-state index in [4.69, 9.17) is 0 Å². The van der Waals surface area contributed by atoms with Crippen LogP contribution in [0.1, 0.15) is 90.9 Å². The van der Waals surface area contributed by atoms with E-state index in [0.29, 0.717) is 23.9 Å². The maximum atomic E-state index is 12.9. The molecule has 30 heavy (non-hydrogen) atoms. The maximum Gasteiger partial charge on any atom is 0.223 e. The van der Waals surface area contributed by atoms with Gasteiger partial charge >= 0.3 is 0 Å². The molecule has 0 heterocycles. The number of carbonyl (C=O) groups excluding carboxylic acids is 2. The summed E-state index contributed by atoms with van der Waals surface area (Å²) in [5.74, 6) is 5.66. The Bertz CT molecular complexity index is 599. The Morgan fingerprint density at radius 2 is 1.00 bits per heavy atom. The van der Waals surface area contributed by atoms with Gasteiger partial charge < -0.3 is 10.6 Å². The molecule has 5 aliphatic rings. The van der Waals surface area contributed by atoms with Crippen molar-refractivity contribution < 1.29 is 9.59 Å². The Kier molecular flexibility index (Phi) is 5.88. The fourth-order valence-electron chi connectivity index (χ4n) is 8.33. The van der Waals surface area contributed by atoms with Crippen molar-refractivity contribution in [2.45, 2.75) is 103 Å². The summed E-state index contributed by atoms with van der Waals surface area (Å²) in [6.45, 7) is 4.44. The third-order valence-corrected chi connectivity index (χ3v) is 10.1. The van der Waals surface area contributed by atoms with Gasteiger partial charge in [0.1, 0.15) is 0 Å². The first-order valence-corrected chi connectivity index (χ1v) is 13.1. The first kappa shape index (κ1) is 20.8. The highest BCUT2D eigenvalue weighted by Crippen LogP contribution is 2.50. The number of amides is 2. The first-order chi connectivity index (χ1) is 14.5. The fourth-order valence-corrected chi connectivity index (χ4v) is 8.33. The van der Waals surface area contributed by atoms with Crippen LogP contribution in [-0.2, 0) is 9.59 Å². The monoisotopic (exact) mass is 414 g/mol. The summed E-state index contributed by atoms with van der Waals surface area (Å²) in [5, 5.41) is 6.73. The van der Waals surface area contributed by atoms with E-state index in [1.165, 1.54) is 51.4 Å². The number of nitrogens with one attached hydrogen (secondary N) is 2. The Balaban J connectivity index is 1.05. The van der Waals surface area contributed by atoms with Crippen LogP contribution in [-0.4, -0.2) is 23.9 Å². The third kappa shape index (κ3) is 4.05. The molecule has 5 aliphatic carbocycles. The molecule has 0 aromatic heterocycles. The molecule has 8 atom stereocenters. The van der Waals surface area contributed by atoms with Crippen LogP contribution < -0.4 is 10.6 Å². The van der Waals surface area contributed by atoms with Gasteiger partial charge in [-0.15, -0.1) is 0 Å². The van der Waals surface area contributed by atoms with Gasteiger partial charge in [-0.1, -0.05) is 12.8 Å². The van der Waals surface area contributed by atoms with E-state index in [2.05, 4.69) is 24.5 Å². The van der Waals surface area contributed by atoms with E-state index in [-0.39, 0.29) is 23.7 Å². The molecule has 2 amide bonds. The van der Waals surface area contributed by atoms with Crippen molar-refractivity contribution >= 4 is 11.8 Å². The van der Waals surface area contributed by atoms with Gasteiger partial charge in [0, 0.05) is 23.9 Å². The lowest BCUT2D eigenvalue weighted by molar-refractivity contribution is -0.131. The first-order valence-electron chi connectivity index (χ1n) is 13.1. The maximum absolute atomic E-state index is 12.9. The fraction of sp³-hybridized carbons (Fsp3) is 0.923. The van der Waals surface area contributed by atoms with Crippen molar-refractivity contribution in [2.75, 3.05) is 0 Å². The van der Waals surface area contributed by atoms with Crippen LogP contribution in [0.25, 0.3) is 0 Å². The summed E-state index contributed by atoms with van der Waals surface area (Å²) in [7, 11) is 0. The smallest absolute Gasteiger partial charge is 0.223 e. The normalized spacial score (nSPS) is 44.1. The molecule has 0 radical (unpaired) electrons. The second-order valence-corrected chi connectivity index (χ2v) is 11.8. The highest BCUT2D eigenvalue weighted by Gasteiger charge is 2.44. The molecule has 4 bridgehead atoms. The molecular formula is C26H42N2O2. The van der Waals surface area contributed by atoms with E-state index in [1.807, 2.05) is 0 Å². The second kappa shape index (κ2) is 8.47. The number of fused-ring (bicyclic) bond motifs is 4. The molecule has 5 rings (SSSR count). The Morgan fingerprint density at radius 3 is 1.30 bits per heavy atom. The van der Waals surface area contributed by atoms with Crippen molar-refractivity contribution in [2.24, 2.45) is 47.3 Å². The SMILES string of the molecule is C[C@H](NC(=O)C1CCC(C(=O)N[C@H](C)[C@H]2C[C@@H]3CC[C@@H]2C3)CC1)[C@@H]1C[C@@H]2CC[C@@H]1C2. The van der Waals surface area contributed by atoms with E-state index in [9.17, 15) is 9.59 Å². The molecule has 4 heteroatoms. The topological polar surface area (TPSA) is 58.2 Å². The number of hydrogen-bond donors (Lipinski definition) is 2. The van der Waals surface area contributed by atoms with Crippen molar-refractivity contribution in [3.8, 4) is 0 Å². The average Bonchev–Trinajstić information content (AvgIpc) is 3.55. The Labute approximate surface area is 182 Å². The summed E-state index contributed by atoms with van der Waals surface area (Å²) < 4.78 is 0. The van der Waals surface area contributed by atoms with E-state index in [1.54, 1.807) is 0 Å². The highest BCUT2D eigenvalue weighted by atomic mass is 16.2. The zero-order valence-electron chi connectivity index (χ0n) is 19.1. The lowest BCUT2D eigenvalue weighted by Crippen LogP contribution is -2.46. The molecule has 5 fully saturated rings. The van der Waals surface area contributed by atoms with Gasteiger partial charge in [0.15, 0.2) is 0 Å². The van der Waals surface area contributed by atoms with E-state index in [0.717, 1.165) is 49.4 Å². The van der Waals surface area contributed by atoms with Crippen LogP contribution in [0.3, 0.4) is 0 Å². The predicted octanol–water partition coefficient (Wildman–Crippen LogP) is 4.67. The van der Waals surface area contributed by atoms with Gasteiger partial charge in [0.2, 0.25) is 11.8 Å². The summed E-state index contributed by atoms with van der Waals surface area (Å²) in [6.07, 6.45) is 14.5. The van der Waals surface area contributed by atoms with Crippen LogP contribution in [0, 0.1) is 47.3 Å². The summed E-state index contributed by atoms with van der Waals surface area (Å²) in [5.41, 5.74) is 0. The van der Waals surface area contributed by atoms with Gasteiger partial charge in [-0.3, -0.25) is 9.59 Å². The van der Waals surface area contributed by atoms with Crippen molar-refractivity contribution in [1.82, 2.24) is 10.6 Å². The number of rotatable bonds is 6. The molecule has 0 spiro atoms. The molecule has 0 saturated heterocycles. The molecular weight excluding hydrogens is 372 g/mol. The average molecular weight is 415 g/mol. The Morgan fingerprint density at radius 1 is 0.600 bits per heavy atom. The van der Waals surface area contributed by atoms with Gasteiger partial charge in [0.05, 0.1) is 0 Å². The standard InChI is InChI=1S/C26H42N2O2/c1-15(23-13-17-3-5-21(23)11-17)27-25(29)19-7-9-20(10-8-19)26(30)28-16(2)24-14-18-4-6-22(24)12-18/h15-24H,3-14H2,1-2H3,(H,27,29)(H,28,30)/t15-,16+,17-,18-,19?,20?,21-,22-,23-,24+/m1/s1. The number of hydrogen-bond acceptors (Lipinski definition) is 2. The van der Waals surface area contributed by atoms with Gasteiger partial charge in [-0.25, -0.2) is 0 Å². The predicted molar refractivity (Wildman–Crippen MR) is 119 cm³/mol. The van der Waals surface area contributed by atoms with Crippen LogP contribution in [0.4, 0.5) is 0 Å². The largest absolute Gasteiger partial charge is 0.353 e. The molecule has 0 aromatic rings. The Hall–Kier alpha value is -1.06. The van der Waals surface area contributed by atoms with Crippen LogP contribution >= 0.6 is 0 Å². The van der Waals surface area contributed by atoms with Crippen molar-refractivity contribution in [3.05, 3.63) is 0 Å². The minimum Gasteiger partial charge on any atom is -0.353 e. The van der Waals surface area contributed by atoms with Crippen LogP contribution in [0.5, 0.6) is 0 Å². The lowest BCUT2D eigenvalue weighted by Gasteiger charge is -2.33. The van der Waals surface area contributed by atoms with E-state index >= 15 is 0 Å². The third-order valence-electron chi connectivity index (χ3n) is 10.1. The molecule has 168 valence electrons. The molecule has 5 saturated carbocycles. The summed E-state index contributed by atoms with van der Waals surface area (Å²) in [4.78, 5) is 25.7. The van der Waals surface area contributed by atoms with E-state index < -0.39 is 0 Å².